The Morgan fingerprint density at radius 2 is 1.93 bits per heavy atom. The number of aryl methyl sites for hydroxylation is 1. The van der Waals surface area contributed by atoms with Crippen LogP contribution in [0.5, 0.6) is 0 Å². The molecule has 9 heteroatoms. The predicted molar refractivity (Wildman–Crippen MR) is 102 cm³/mol. The van der Waals surface area contributed by atoms with Crippen molar-refractivity contribution in [1.82, 2.24) is 36.2 Å². The summed E-state index contributed by atoms with van der Waals surface area (Å²) in [7, 11) is 0. The number of hydrogen-bond donors (Lipinski definition) is 3. The minimum absolute atomic E-state index is 0.0340. The summed E-state index contributed by atoms with van der Waals surface area (Å²) in [6.07, 6.45) is 3.05. The second-order valence-corrected chi connectivity index (χ2v) is 7.92. The van der Waals surface area contributed by atoms with Gasteiger partial charge in [0.1, 0.15) is 0 Å². The lowest BCUT2D eigenvalue weighted by Crippen LogP contribution is -2.50. The fraction of sp³-hybridized carbons (Fsp3) is 0.833. The molecule has 1 amide bonds. The summed E-state index contributed by atoms with van der Waals surface area (Å²) < 4.78 is 0. The summed E-state index contributed by atoms with van der Waals surface area (Å²) in [5.41, 5.74) is 0. The number of aromatic amines is 1. The van der Waals surface area contributed by atoms with Crippen molar-refractivity contribution in [3.05, 3.63) is 5.82 Å². The molecule has 0 aliphatic carbocycles. The number of amides is 1. The summed E-state index contributed by atoms with van der Waals surface area (Å²) in [5.74, 6) is 0.341. The number of H-pyrrole nitrogens is 1. The van der Waals surface area contributed by atoms with Gasteiger partial charge < -0.3 is 10.6 Å². The van der Waals surface area contributed by atoms with E-state index in [1.54, 1.807) is 0 Å². The zero-order valence-corrected chi connectivity index (χ0v) is 16.9. The molecule has 9 nitrogen and oxygen atoms in total. The first-order valence-corrected chi connectivity index (χ1v) is 9.89. The van der Waals surface area contributed by atoms with Crippen molar-refractivity contribution in [3.8, 4) is 0 Å². The number of nitrogens with zero attached hydrogens (tertiary/aromatic N) is 4. The first kappa shape index (κ1) is 21.4. The van der Waals surface area contributed by atoms with Crippen LogP contribution in [0.3, 0.4) is 0 Å². The molecule has 0 saturated carbocycles. The highest BCUT2D eigenvalue weighted by molar-refractivity contribution is 5.90. The molecule has 27 heavy (non-hydrogen) atoms. The number of aromatic nitrogens is 4. The van der Waals surface area contributed by atoms with Crippen molar-refractivity contribution in [2.45, 2.75) is 71.5 Å². The summed E-state index contributed by atoms with van der Waals surface area (Å²) in [6.45, 7) is 10.1. The molecule has 0 bridgehead atoms. The number of likely N-dealkylation sites (tertiary alicyclic amines) is 1. The van der Waals surface area contributed by atoms with Crippen molar-refractivity contribution in [2.75, 3.05) is 19.6 Å². The van der Waals surface area contributed by atoms with Gasteiger partial charge in [-0.2, -0.15) is 5.21 Å². The Balaban J connectivity index is 1.81. The molecule has 0 spiro atoms. The number of tetrazole rings is 1. The van der Waals surface area contributed by atoms with Crippen LogP contribution in [0.2, 0.25) is 0 Å². The summed E-state index contributed by atoms with van der Waals surface area (Å²) in [4.78, 5) is 27.1. The Morgan fingerprint density at radius 1 is 1.22 bits per heavy atom. The van der Waals surface area contributed by atoms with E-state index < -0.39 is 6.04 Å². The topological polar surface area (TPSA) is 116 Å². The molecule has 0 radical (unpaired) electrons. The number of hydrogen-bond acceptors (Lipinski definition) is 7. The monoisotopic (exact) mass is 379 g/mol. The molecule has 1 aromatic heterocycles. The van der Waals surface area contributed by atoms with Gasteiger partial charge >= 0.3 is 0 Å². The van der Waals surface area contributed by atoms with Crippen LogP contribution >= 0.6 is 0 Å². The van der Waals surface area contributed by atoms with E-state index in [4.69, 9.17) is 0 Å². The average Bonchev–Trinajstić information content (AvgIpc) is 3.12. The minimum atomic E-state index is -0.517. The highest BCUT2D eigenvalue weighted by Gasteiger charge is 2.26. The van der Waals surface area contributed by atoms with Gasteiger partial charge in [0.2, 0.25) is 5.91 Å². The SMILES string of the molecule is CC(C)NC1CCN(CC(=O)N[C@@H](CCc2nn[nH]n2)C(=O)C(C)C)CC1. The van der Waals surface area contributed by atoms with Crippen LogP contribution in [0.15, 0.2) is 0 Å². The Labute approximate surface area is 161 Å². The van der Waals surface area contributed by atoms with E-state index in [1.165, 1.54) is 0 Å². The zero-order valence-electron chi connectivity index (χ0n) is 16.9. The summed E-state index contributed by atoms with van der Waals surface area (Å²) in [6, 6.07) is 0.484. The van der Waals surface area contributed by atoms with Crippen molar-refractivity contribution in [3.63, 3.8) is 0 Å². The number of carbonyl (C=O) groups excluding carboxylic acids is 2. The molecule has 2 heterocycles. The van der Waals surface area contributed by atoms with Crippen LogP contribution in [0, 0.1) is 5.92 Å². The number of ketones is 1. The van der Waals surface area contributed by atoms with Crippen LogP contribution in [0.1, 0.15) is 52.8 Å². The first-order valence-electron chi connectivity index (χ1n) is 9.89. The molecular formula is C18H33N7O2. The van der Waals surface area contributed by atoms with E-state index in [2.05, 4.69) is 50.0 Å². The maximum Gasteiger partial charge on any atom is 0.234 e. The molecule has 1 atom stereocenters. The minimum Gasteiger partial charge on any atom is -0.345 e. The van der Waals surface area contributed by atoms with Gasteiger partial charge in [0.05, 0.1) is 12.6 Å². The molecule has 3 N–H and O–H groups in total. The van der Waals surface area contributed by atoms with Crippen molar-refractivity contribution >= 4 is 11.7 Å². The molecule has 152 valence electrons. The summed E-state index contributed by atoms with van der Waals surface area (Å²) >= 11 is 0. The third-order valence-corrected chi connectivity index (χ3v) is 4.82. The molecule has 1 aliphatic rings. The molecular weight excluding hydrogens is 346 g/mol. The Kier molecular flexibility index (Phi) is 8.30. The fourth-order valence-electron chi connectivity index (χ4n) is 3.42. The Hall–Kier alpha value is -1.87. The molecule has 0 unspecified atom stereocenters. The van der Waals surface area contributed by atoms with Crippen LogP contribution in [-0.4, -0.2) is 75.0 Å². The average molecular weight is 380 g/mol. The molecule has 1 aliphatic heterocycles. The quantitative estimate of drug-likeness (QED) is 0.535. The van der Waals surface area contributed by atoms with E-state index in [1.807, 2.05) is 13.8 Å². The second-order valence-electron chi connectivity index (χ2n) is 7.92. The van der Waals surface area contributed by atoms with Crippen LogP contribution in [0.25, 0.3) is 0 Å². The summed E-state index contributed by atoms with van der Waals surface area (Å²) in [5, 5.41) is 20.2. The van der Waals surface area contributed by atoms with E-state index in [0.29, 0.717) is 37.3 Å². The van der Waals surface area contributed by atoms with Crippen LogP contribution < -0.4 is 10.6 Å². The normalized spacial score (nSPS) is 17.4. The number of piperidine rings is 1. The molecule has 1 saturated heterocycles. The molecule has 1 fully saturated rings. The van der Waals surface area contributed by atoms with E-state index >= 15 is 0 Å². The van der Waals surface area contributed by atoms with Crippen molar-refractivity contribution in [2.24, 2.45) is 5.92 Å². The molecule has 1 aromatic rings. The van der Waals surface area contributed by atoms with E-state index in [0.717, 1.165) is 25.9 Å². The number of nitrogens with one attached hydrogen (secondary N) is 3. The van der Waals surface area contributed by atoms with Gasteiger partial charge in [0.25, 0.3) is 0 Å². The number of carbonyl (C=O) groups is 2. The smallest absolute Gasteiger partial charge is 0.234 e. The maximum atomic E-state index is 12.5. The molecule has 0 aromatic carbocycles. The molecule has 2 rings (SSSR count). The Morgan fingerprint density at radius 3 is 2.48 bits per heavy atom. The Bertz CT molecular complexity index is 581. The van der Waals surface area contributed by atoms with Gasteiger partial charge in [-0.3, -0.25) is 14.5 Å². The van der Waals surface area contributed by atoms with Gasteiger partial charge in [0, 0.05) is 37.5 Å². The highest BCUT2D eigenvalue weighted by atomic mass is 16.2. The van der Waals surface area contributed by atoms with Gasteiger partial charge in [-0.25, -0.2) is 0 Å². The van der Waals surface area contributed by atoms with Gasteiger partial charge in [0.15, 0.2) is 11.6 Å². The lowest BCUT2D eigenvalue weighted by atomic mass is 9.97. The lowest BCUT2D eigenvalue weighted by Gasteiger charge is -2.33. The standard InChI is InChI=1S/C18H33N7O2/c1-12(2)18(27)15(5-6-16-21-23-24-22-16)20-17(26)11-25-9-7-14(8-10-25)19-13(3)4/h12-15,19H,5-11H2,1-4H3,(H,20,26)(H,21,22,23,24)/t15-/m0/s1. The highest BCUT2D eigenvalue weighted by Crippen LogP contribution is 2.11. The third kappa shape index (κ3) is 7.34. The maximum absolute atomic E-state index is 12.5. The van der Waals surface area contributed by atoms with Crippen molar-refractivity contribution < 1.29 is 9.59 Å². The predicted octanol–water partition coefficient (Wildman–Crippen LogP) is 0.305. The van der Waals surface area contributed by atoms with E-state index in [-0.39, 0.29) is 17.6 Å². The van der Waals surface area contributed by atoms with E-state index in [9.17, 15) is 9.59 Å². The van der Waals surface area contributed by atoms with Gasteiger partial charge in [-0.15, -0.1) is 10.2 Å². The third-order valence-electron chi connectivity index (χ3n) is 4.82. The number of Topliss-reactive ketones (excluding diaryl/α,β-unsaturated/α-hetero) is 1. The van der Waals surface area contributed by atoms with Crippen molar-refractivity contribution in [1.29, 1.82) is 0 Å². The zero-order chi connectivity index (χ0) is 19.8. The van der Waals surface area contributed by atoms with Crippen LogP contribution in [0.4, 0.5) is 0 Å². The fourth-order valence-corrected chi connectivity index (χ4v) is 3.42. The first-order chi connectivity index (χ1) is 12.8. The number of rotatable bonds is 10. The van der Waals surface area contributed by atoms with Gasteiger partial charge in [-0.05, 0) is 19.3 Å². The lowest BCUT2D eigenvalue weighted by molar-refractivity contribution is -0.130. The second kappa shape index (κ2) is 10.5. The van der Waals surface area contributed by atoms with Crippen LogP contribution in [-0.2, 0) is 16.0 Å². The van der Waals surface area contributed by atoms with Gasteiger partial charge in [-0.1, -0.05) is 32.9 Å². The largest absolute Gasteiger partial charge is 0.345 e.